The number of benzene rings is 2. The number of amides is 1. The second kappa shape index (κ2) is 7.03. The molecule has 1 aliphatic rings. The largest absolute Gasteiger partial charge is 0.445 e. The lowest BCUT2D eigenvalue weighted by Gasteiger charge is -2.41. The Kier molecular flexibility index (Phi) is 4.83. The molecule has 2 atom stereocenters. The molecule has 2 N–H and O–H groups in total. The quantitative estimate of drug-likeness (QED) is 0.907. The lowest BCUT2D eigenvalue weighted by molar-refractivity contribution is -0.120. The van der Waals surface area contributed by atoms with Crippen LogP contribution in [0.15, 0.2) is 60.7 Å². The molecule has 1 amide bonds. The van der Waals surface area contributed by atoms with E-state index in [1.165, 1.54) is 4.90 Å². The number of likely N-dealkylation sites (tertiary alicyclic amines) is 1. The van der Waals surface area contributed by atoms with E-state index in [0.717, 1.165) is 5.56 Å². The second-order valence-electron chi connectivity index (χ2n) is 6.04. The molecule has 126 valence electrons. The molecule has 0 bridgehead atoms. The maximum atomic E-state index is 12.2. The van der Waals surface area contributed by atoms with Crippen LogP contribution in [0.1, 0.15) is 17.5 Å². The molecule has 0 spiro atoms. The first-order valence-electron chi connectivity index (χ1n) is 8.01. The van der Waals surface area contributed by atoms with Gasteiger partial charge in [-0.15, -0.1) is 0 Å². The lowest BCUT2D eigenvalue weighted by atomic mass is 9.82. The molecule has 2 unspecified atom stereocenters. The van der Waals surface area contributed by atoms with Gasteiger partial charge in [0.1, 0.15) is 18.3 Å². The van der Waals surface area contributed by atoms with Crippen molar-refractivity contribution in [3.8, 4) is 0 Å². The van der Waals surface area contributed by atoms with E-state index >= 15 is 0 Å². The van der Waals surface area contributed by atoms with Crippen LogP contribution in [0, 0.1) is 0 Å². The number of rotatable bonds is 3. The zero-order chi connectivity index (χ0) is 17.0. The first-order chi connectivity index (χ1) is 11.6. The average molecular weight is 327 g/mol. The molecular weight excluding hydrogens is 306 g/mol. The van der Waals surface area contributed by atoms with E-state index in [9.17, 15) is 15.0 Å². The fourth-order valence-electron chi connectivity index (χ4n) is 2.96. The van der Waals surface area contributed by atoms with Crippen LogP contribution in [0.3, 0.4) is 0 Å². The van der Waals surface area contributed by atoms with Crippen molar-refractivity contribution in [2.45, 2.75) is 24.7 Å². The molecule has 1 saturated heterocycles. The summed E-state index contributed by atoms with van der Waals surface area (Å²) in [6, 6.07) is 18.5. The van der Waals surface area contributed by atoms with Crippen molar-refractivity contribution >= 4 is 6.09 Å². The average Bonchev–Trinajstić information content (AvgIpc) is 2.63. The van der Waals surface area contributed by atoms with Crippen molar-refractivity contribution in [1.29, 1.82) is 0 Å². The summed E-state index contributed by atoms with van der Waals surface area (Å²) >= 11 is 0. The second-order valence-corrected chi connectivity index (χ2v) is 6.04. The highest BCUT2D eigenvalue weighted by molar-refractivity contribution is 5.68. The summed E-state index contributed by atoms with van der Waals surface area (Å²) in [6.45, 7) is 0.560. The third-order valence-electron chi connectivity index (χ3n) is 4.44. The van der Waals surface area contributed by atoms with E-state index in [-0.39, 0.29) is 19.6 Å². The fraction of sp³-hybridized carbons (Fsp3) is 0.316. The number of hydrogen-bond acceptors (Lipinski definition) is 4. The van der Waals surface area contributed by atoms with Crippen molar-refractivity contribution in [2.24, 2.45) is 0 Å². The van der Waals surface area contributed by atoms with Gasteiger partial charge in [0.05, 0.1) is 6.54 Å². The number of ether oxygens (including phenoxy) is 1. The minimum atomic E-state index is -1.34. The number of carbonyl (C=O) groups excluding carboxylic acids is 1. The monoisotopic (exact) mass is 327 g/mol. The van der Waals surface area contributed by atoms with Gasteiger partial charge < -0.3 is 19.8 Å². The first-order valence-corrected chi connectivity index (χ1v) is 8.01. The summed E-state index contributed by atoms with van der Waals surface area (Å²) in [5.41, 5.74) is 0.233. The molecular formula is C19H21NO4. The van der Waals surface area contributed by atoms with Gasteiger partial charge in [-0.3, -0.25) is 0 Å². The maximum absolute atomic E-state index is 12.2. The van der Waals surface area contributed by atoms with E-state index in [0.29, 0.717) is 12.1 Å². The minimum Gasteiger partial charge on any atom is -0.445 e. The molecule has 1 aliphatic heterocycles. The molecule has 1 fully saturated rings. The Labute approximate surface area is 141 Å². The highest BCUT2D eigenvalue weighted by Crippen LogP contribution is 2.33. The van der Waals surface area contributed by atoms with Gasteiger partial charge in [-0.25, -0.2) is 4.79 Å². The Morgan fingerprint density at radius 2 is 1.75 bits per heavy atom. The predicted octanol–water partition coefficient (Wildman–Crippen LogP) is 2.28. The summed E-state index contributed by atoms with van der Waals surface area (Å²) in [4.78, 5) is 13.6. The van der Waals surface area contributed by atoms with Gasteiger partial charge in [0.2, 0.25) is 0 Å². The van der Waals surface area contributed by atoms with Crippen molar-refractivity contribution in [3.05, 3.63) is 71.8 Å². The van der Waals surface area contributed by atoms with Crippen LogP contribution in [0.5, 0.6) is 0 Å². The Morgan fingerprint density at radius 1 is 1.12 bits per heavy atom. The standard InChI is InChI=1S/C19H21NO4/c21-17-13-20(18(22)24-14-15-7-3-1-4-8-15)12-11-19(17,23)16-9-5-2-6-10-16/h1-10,17,21,23H,11-14H2. The molecule has 3 rings (SSSR count). The fourth-order valence-corrected chi connectivity index (χ4v) is 2.96. The van der Waals surface area contributed by atoms with E-state index in [1.54, 1.807) is 12.1 Å². The van der Waals surface area contributed by atoms with Gasteiger partial charge in [-0.2, -0.15) is 0 Å². The molecule has 0 aromatic heterocycles. The van der Waals surface area contributed by atoms with Crippen LogP contribution < -0.4 is 0 Å². The zero-order valence-electron chi connectivity index (χ0n) is 13.3. The highest BCUT2D eigenvalue weighted by atomic mass is 16.6. The Morgan fingerprint density at radius 3 is 2.38 bits per heavy atom. The van der Waals surface area contributed by atoms with E-state index in [1.807, 2.05) is 48.5 Å². The van der Waals surface area contributed by atoms with Gasteiger partial charge in [0.15, 0.2) is 0 Å². The number of nitrogens with zero attached hydrogens (tertiary/aromatic N) is 1. The van der Waals surface area contributed by atoms with Crippen LogP contribution in [0.25, 0.3) is 0 Å². The zero-order valence-corrected chi connectivity index (χ0v) is 13.3. The van der Waals surface area contributed by atoms with E-state index < -0.39 is 17.8 Å². The van der Waals surface area contributed by atoms with Crippen molar-refractivity contribution in [1.82, 2.24) is 4.90 Å². The molecule has 1 heterocycles. The third-order valence-corrected chi connectivity index (χ3v) is 4.44. The molecule has 2 aromatic rings. The van der Waals surface area contributed by atoms with Gasteiger partial charge in [0, 0.05) is 13.0 Å². The van der Waals surface area contributed by atoms with Crippen LogP contribution in [-0.4, -0.2) is 40.4 Å². The number of aliphatic hydroxyl groups is 2. The molecule has 0 radical (unpaired) electrons. The Bertz CT molecular complexity index is 676. The smallest absolute Gasteiger partial charge is 0.410 e. The minimum absolute atomic E-state index is 0.0407. The van der Waals surface area contributed by atoms with Gasteiger partial charge >= 0.3 is 6.09 Å². The van der Waals surface area contributed by atoms with Crippen LogP contribution in [0.2, 0.25) is 0 Å². The molecule has 24 heavy (non-hydrogen) atoms. The van der Waals surface area contributed by atoms with Crippen molar-refractivity contribution in [3.63, 3.8) is 0 Å². The topological polar surface area (TPSA) is 70.0 Å². The summed E-state index contributed by atoms with van der Waals surface area (Å²) in [7, 11) is 0. The molecule has 5 heteroatoms. The molecule has 0 saturated carbocycles. The summed E-state index contributed by atoms with van der Waals surface area (Å²) in [5, 5.41) is 21.2. The third kappa shape index (κ3) is 3.42. The lowest BCUT2D eigenvalue weighted by Crippen LogP contribution is -2.55. The van der Waals surface area contributed by atoms with Crippen LogP contribution in [0.4, 0.5) is 4.79 Å². The molecule has 0 aliphatic carbocycles. The SMILES string of the molecule is O=C(OCc1ccccc1)N1CCC(O)(c2ccccc2)C(O)C1. The first kappa shape index (κ1) is 16.5. The van der Waals surface area contributed by atoms with E-state index in [2.05, 4.69) is 0 Å². The van der Waals surface area contributed by atoms with E-state index in [4.69, 9.17) is 4.74 Å². The van der Waals surface area contributed by atoms with Gasteiger partial charge in [-0.1, -0.05) is 60.7 Å². The summed E-state index contributed by atoms with van der Waals surface area (Å²) in [5.74, 6) is 0. The highest BCUT2D eigenvalue weighted by Gasteiger charge is 2.43. The summed E-state index contributed by atoms with van der Waals surface area (Å²) in [6.07, 6.45) is -1.27. The van der Waals surface area contributed by atoms with Crippen molar-refractivity contribution in [2.75, 3.05) is 13.1 Å². The molecule has 5 nitrogen and oxygen atoms in total. The Balaban J connectivity index is 1.60. The maximum Gasteiger partial charge on any atom is 0.410 e. The number of hydrogen-bond donors (Lipinski definition) is 2. The number of aliphatic hydroxyl groups excluding tert-OH is 1. The van der Waals surface area contributed by atoms with Crippen LogP contribution >= 0.6 is 0 Å². The number of carbonyl (C=O) groups is 1. The van der Waals surface area contributed by atoms with Crippen molar-refractivity contribution < 1.29 is 19.7 Å². The van der Waals surface area contributed by atoms with Gasteiger partial charge in [-0.05, 0) is 11.1 Å². The van der Waals surface area contributed by atoms with Crippen LogP contribution in [-0.2, 0) is 16.9 Å². The Hall–Kier alpha value is -2.37. The molecule has 2 aromatic carbocycles. The summed E-state index contributed by atoms with van der Waals surface area (Å²) < 4.78 is 5.28. The normalized spacial score (nSPS) is 23.8. The number of piperidine rings is 1. The number of β-amino-alcohol motifs (C(OH)–C–C–N with tert-alkyl or cyclic N) is 1. The van der Waals surface area contributed by atoms with Gasteiger partial charge in [0.25, 0.3) is 0 Å². The predicted molar refractivity (Wildman–Crippen MR) is 89.2 cm³/mol.